The van der Waals surface area contributed by atoms with Crippen LogP contribution in [0.5, 0.6) is 0 Å². The minimum absolute atomic E-state index is 0.0760. The largest absolute Gasteiger partial charge is 0.350 e. The number of nitrogens with one attached hydrogen (secondary N) is 1. The Bertz CT molecular complexity index is 1280. The van der Waals surface area contributed by atoms with Gasteiger partial charge >= 0.3 is 0 Å². The molecule has 1 amide bonds. The summed E-state index contributed by atoms with van der Waals surface area (Å²) < 4.78 is 1.73. The Morgan fingerprint density at radius 2 is 1.62 bits per heavy atom. The molecule has 5 heteroatoms. The van der Waals surface area contributed by atoms with Gasteiger partial charge in [0.05, 0.1) is 17.6 Å². The van der Waals surface area contributed by atoms with Gasteiger partial charge in [0.25, 0.3) is 11.5 Å². The number of aromatic nitrogens is 2. The van der Waals surface area contributed by atoms with Gasteiger partial charge < -0.3 is 9.88 Å². The number of fused-ring (bicyclic) bond motifs is 1. The predicted octanol–water partition coefficient (Wildman–Crippen LogP) is 4.50. The zero-order valence-electron chi connectivity index (χ0n) is 18.4. The highest BCUT2D eigenvalue weighted by molar-refractivity contribution is 5.94. The summed E-state index contributed by atoms with van der Waals surface area (Å²) in [6.07, 6.45) is 1.81. The minimum atomic E-state index is -0.0993. The van der Waals surface area contributed by atoms with E-state index in [-0.39, 0.29) is 17.5 Å². The molecule has 0 aliphatic carbocycles. The van der Waals surface area contributed by atoms with Crippen LogP contribution >= 0.6 is 0 Å². The standard InChI is InChI=1S/C27H27N3O2/c1-19(12-13-21-8-4-3-5-9-21)28-26(31)23-16-14-22(15-17-23)18-30-25-11-7-6-10-24(25)29-20(2)27(30)32/h3-11,14-17,19H,12-13,18H2,1-2H3,(H,28,31). The number of nitrogens with zero attached hydrogens (tertiary/aromatic N) is 2. The monoisotopic (exact) mass is 425 g/mol. The lowest BCUT2D eigenvalue weighted by atomic mass is 10.1. The Kier molecular flexibility index (Phi) is 6.45. The third-order valence-electron chi connectivity index (χ3n) is 5.66. The lowest BCUT2D eigenvalue weighted by molar-refractivity contribution is 0.0938. The number of benzene rings is 3. The molecule has 3 aromatic carbocycles. The van der Waals surface area contributed by atoms with Gasteiger partial charge in [0.1, 0.15) is 5.69 Å². The average Bonchev–Trinajstić information content (AvgIpc) is 2.81. The molecule has 0 radical (unpaired) electrons. The van der Waals surface area contributed by atoms with E-state index in [9.17, 15) is 9.59 Å². The minimum Gasteiger partial charge on any atom is -0.350 e. The molecule has 0 bridgehead atoms. The number of hydrogen-bond acceptors (Lipinski definition) is 3. The molecule has 32 heavy (non-hydrogen) atoms. The molecule has 0 aliphatic heterocycles. The first-order valence-corrected chi connectivity index (χ1v) is 10.9. The Morgan fingerprint density at radius 1 is 0.938 bits per heavy atom. The molecule has 4 aromatic rings. The molecule has 1 N–H and O–H groups in total. The van der Waals surface area contributed by atoms with E-state index < -0.39 is 0 Å². The lowest BCUT2D eigenvalue weighted by Gasteiger charge is -2.15. The number of para-hydroxylation sites is 2. The van der Waals surface area contributed by atoms with Gasteiger partial charge in [0.15, 0.2) is 0 Å². The fourth-order valence-electron chi connectivity index (χ4n) is 3.83. The first-order chi connectivity index (χ1) is 15.5. The maximum Gasteiger partial charge on any atom is 0.272 e. The van der Waals surface area contributed by atoms with Crippen molar-refractivity contribution in [1.82, 2.24) is 14.9 Å². The van der Waals surface area contributed by atoms with Crippen LogP contribution in [0.3, 0.4) is 0 Å². The van der Waals surface area contributed by atoms with Crippen molar-refractivity contribution >= 4 is 16.9 Å². The molecular weight excluding hydrogens is 398 g/mol. The molecule has 1 aromatic heterocycles. The molecule has 0 fully saturated rings. The van der Waals surface area contributed by atoms with Gasteiger partial charge in [0.2, 0.25) is 0 Å². The highest BCUT2D eigenvalue weighted by Gasteiger charge is 2.12. The Balaban J connectivity index is 1.42. The van der Waals surface area contributed by atoms with E-state index in [1.165, 1.54) is 5.56 Å². The van der Waals surface area contributed by atoms with Crippen molar-refractivity contribution in [2.75, 3.05) is 0 Å². The third kappa shape index (κ3) is 4.94. The number of amides is 1. The normalized spacial score (nSPS) is 11.9. The van der Waals surface area contributed by atoms with Gasteiger partial charge in [0, 0.05) is 11.6 Å². The third-order valence-corrected chi connectivity index (χ3v) is 5.66. The van der Waals surface area contributed by atoms with Crippen molar-refractivity contribution in [2.45, 2.75) is 39.3 Å². The van der Waals surface area contributed by atoms with Gasteiger partial charge in [-0.1, -0.05) is 54.6 Å². The van der Waals surface area contributed by atoms with Crippen molar-refractivity contribution in [2.24, 2.45) is 0 Å². The molecule has 5 nitrogen and oxygen atoms in total. The molecule has 1 atom stereocenters. The number of hydrogen-bond donors (Lipinski definition) is 1. The first kappa shape index (κ1) is 21.5. The summed E-state index contributed by atoms with van der Waals surface area (Å²) in [7, 11) is 0. The van der Waals surface area contributed by atoms with E-state index >= 15 is 0 Å². The molecule has 1 heterocycles. The first-order valence-electron chi connectivity index (χ1n) is 10.9. The summed E-state index contributed by atoms with van der Waals surface area (Å²) in [6.45, 7) is 4.19. The lowest BCUT2D eigenvalue weighted by Crippen LogP contribution is -2.32. The Morgan fingerprint density at radius 3 is 2.38 bits per heavy atom. The van der Waals surface area contributed by atoms with Crippen molar-refractivity contribution in [3.8, 4) is 0 Å². The molecular formula is C27H27N3O2. The zero-order valence-corrected chi connectivity index (χ0v) is 18.4. The van der Waals surface area contributed by atoms with E-state index in [2.05, 4.69) is 22.4 Å². The SMILES string of the molecule is Cc1nc2ccccc2n(Cc2ccc(C(=O)NC(C)CCc3ccccc3)cc2)c1=O. The summed E-state index contributed by atoms with van der Waals surface area (Å²) in [4.78, 5) is 29.7. The average molecular weight is 426 g/mol. The van der Waals surface area contributed by atoms with Gasteiger partial charge in [-0.25, -0.2) is 4.98 Å². The van der Waals surface area contributed by atoms with Crippen LogP contribution < -0.4 is 10.9 Å². The Labute approximate surface area is 187 Å². The van der Waals surface area contributed by atoms with Crippen LogP contribution in [-0.4, -0.2) is 21.5 Å². The quantitative estimate of drug-likeness (QED) is 0.474. The second kappa shape index (κ2) is 9.60. The summed E-state index contributed by atoms with van der Waals surface area (Å²) in [5, 5.41) is 3.07. The summed E-state index contributed by atoms with van der Waals surface area (Å²) in [5.74, 6) is -0.0838. The van der Waals surface area contributed by atoms with Crippen LogP contribution in [0, 0.1) is 6.92 Å². The predicted molar refractivity (Wildman–Crippen MR) is 128 cm³/mol. The molecule has 1 unspecified atom stereocenters. The Hall–Kier alpha value is -3.73. The number of carbonyl (C=O) groups is 1. The van der Waals surface area contributed by atoms with E-state index in [1.54, 1.807) is 11.5 Å². The van der Waals surface area contributed by atoms with Crippen LogP contribution in [0.25, 0.3) is 11.0 Å². The topological polar surface area (TPSA) is 64.0 Å². The summed E-state index contributed by atoms with van der Waals surface area (Å²) in [6, 6.07) is 25.4. The molecule has 162 valence electrons. The molecule has 4 rings (SSSR count). The number of carbonyl (C=O) groups excluding carboxylic acids is 1. The molecule has 0 aliphatic rings. The second-order valence-corrected chi connectivity index (χ2v) is 8.17. The molecule has 0 saturated carbocycles. The van der Waals surface area contributed by atoms with Gasteiger partial charge in [-0.15, -0.1) is 0 Å². The van der Waals surface area contributed by atoms with Gasteiger partial charge in [-0.2, -0.15) is 0 Å². The summed E-state index contributed by atoms with van der Waals surface area (Å²) in [5.41, 5.74) is 4.82. The fourth-order valence-corrected chi connectivity index (χ4v) is 3.83. The highest BCUT2D eigenvalue weighted by atomic mass is 16.1. The number of aryl methyl sites for hydroxylation is 2. The van der Waals surface area contributed by atoms with Crippen molar-refractivity contribution in [1.29, 1.82) is 0 Å². The maximum absolute atomic E-state index is 12.7. The van der Waals surface area contributed by atoms with Crippen LogP contribution in [0.4, 0.5) is 0 Å². The maximum atomic E-state index is 12.7. The molecule has 0 saturated heterocycles. The van der Waals surface area contributed by atoms with Crippen molar-refractivity contribution in [3.63, 3.8) is 0 Å². The van der Waals surface area contributed by atoms with Crippen LogP contribution in [0.1, 0.15) is 40.5 Å². The fraction of sp³-hybridized carbons (Fsp3) is 0.222. The van der Waals surface area contributed by atoms with Crippen LogP contribution in [0.2, 0.25) is 0 Å². The second-order valence-electron chi connectivity index (χ2n) is 8.17. The zero-order chi connectivity index (χ0) is 22.5. The van der Waals surface area contributed by atoms with Crippen molar-refractivity contribution in [3.05, 3.63) is 112 Å². The van der Waals surface area contributed by atoms with E-state index in [0.717, 1.165) is 29.4 Å². The van der Waals surface area contributed by atoms with Crippen LogP contribution in [-0.2, 0) is 13.0 Å². The smallest absolute Gasteiger partial charge is 0.272 e. The van der Waals surface area contributed by atoms with Crippen LogP contribution in [0.15, 0.2) is 83.7 Å². The van der Waals surface area contributed by atoms with E-state index in [0.29, 0.717) is 17.8 Å². The van der Waals surface area contributed by atoms with E-state index in [4.69, 9.17) is 0 Å². The number of rotatable bonds is 7. The van der Waals surface area contributed by atoms with Gasteiger partial charge in [-0.3, -0.25) is 9.59 Å². The van der Waals surface area contributed by atoms with E-state index in [1.807, 2.05) is 73.7 Å². The van der Waals surface area contributed by atoms with Crippen molar-refractivity contribution < 1.29 is 4.79 Å². The van der Waals surface area contributed by atoms with Gasteiger partial charge in [-0.05, 0) is 62.1 Å². The highest BCUT2D eigenvalue weighted by Crippen LogP contribution is 2.13. The summed E-state index contributed by atoms with van der Waals surface area (Å²) >= 11 is 0. The molecule has 0 spiro atoms.